The maximum Gasteiger partial charge on any atom is 0.472 e. The molecule has 0 aliphatic heterocycles. The van der Waals surface area contributed by atoms with Crippen LogP contribution in [0.25, 0.3) is 0 Å². The number of nitrogens with zero attached hydrogens (tertiary/aromatic N) is 1. The number of rotatable bonds is 49. The average Bonchev–Trinajstić information content (AvgIpc) is 3.21. The van der Waals surface area contributed by atoms with Gasteiger partial charge in [-0.25, -0.2) is 4.57 Å². The standard InChI is InChI=1S/C52H105N2O6P/c1-6-8-10-12-14-16-18-19-20-21-22-23-24-25-26-27-28-29-30-31-32-33-34-35-36-38-40-42-44-46-52(56)53-50(49-60-61(57,58)59-48-47-54(3,4)5)51(55)45-43-41-39-37-17-15-13-11-9-7-2/h43,45,50-51,55H,6-42,44,46-49H2,1-5H3,(H-,53,56,57,58)/p+1/b45-43+/t50-,51+/m0/s1. The average molecular weight is 886 g/mol. The molecule has 0 aliphatic carbocycles. The van der Waals surface area contributed by atoms with Gasteiger partial charge < -0.3 is 19.8 Å². The Morgan fingerprint density at radius 1 is 0.541 bits per heavy atom. The van der Waals surface area contributed by atoms with Crippen LogP contribution in [0.2, 0.25) is 0 Å². The summed E-state index contributed by atoms with van der Waals surface area (Å²) in [6.45, 7) is 4.82. The Morgan fingerprint density at radius 3 is 1.21 bits per heavy atom. The van der Waals surface area contributed by atoms with Crippen molar-refractivity contribution in [2.75, 3.05) is 40.9 Å². The molecule has 364 valence electrons. The molecule has 0 saturated heterocycles. The van der Waals surface area contributed by atoms with E-state index in [9.17, 15) is 19.4 Å². The van der Waals surface area contributed by atoms with Gasteiger partial charge in [-0.2, -0.15) is 0 Å². The highest BCUT2D eigenvalue weighted by molar-refractivity contribution is 7.47. The number of aliphatic hydroxyl groups excluding tert-OH is 1. The van der Waals surface area contributed by atoms with Gasteiger partial charge in [0, 0.05) is 6.42 Å². The van der Waals surface area contributed by atoms with E-state index >= 15 is 0 Å². The molecular weight excluding hydrogens is 780 g/mol. The summed E-state index contributed by atoms with van der Waals surface area (Å²) in [5.74, 6) is -0.173. The molecule has 0 aliphatic rings. The first-order chi connectivity index (χ1) is 29.5. The number of carbonyl (C=O) groups excluding carboxylic acids is 1. The molecule has 0 aromatic carbocycles. The topological polar surface area (TPSA) is 105 Å². The van der Waals surface area contributed by atoms with Crippen LogP contribution in [0, 0.1) is 0 Å². The second kappa shape index (κ2) is 44.4. The Morgan fingerprint density at radius 2 is 0.869 bits per heavy atom. The SMILES string of the molecule is CCCCCCCCCC/C=C/[C@@H](O)[C@H](COP(=O)(O)OCC[N+](C)(C)C)NC(=O)CCCCCCCCCCCCCCCCCCCCCCCCCCCCCCC. The van der Waals surface area contributed by atoms with Gasteiger partial charge in [-0.1, -0.05) is 251 Å². The molecule has 0 heterocycles. The maximum absolute atomic E-state index is 12.9. The highest BCUT2D eigenvalue weighted by atomic mass is 31.2. The molecule has 0 fully saturated rings. The van der Waals surface area contributed by atoms with Crippen molar-refractivity contribution in [3.63, 3.8) is 0 Å². The molecule has 0 radical (unpaired) electrons. The van der Waals surface area contributed by atoms with Crippen LogP contribution in [-0.4, -0.2) is 73.4 Å². The lowest BCUT2D eigenvalue weighted by molar-refractivity contribution is -0.870. The van der Waals surface area contributed by atoms with Crippen LogP contribution in [0.5, 0.6) is 0 Å². The van der Waals surface area contributed by atoms with Crippen LogP contribution in [0.1, 0.15) is 264 Å². The first-order valence-corrected chi connectivity index (χ1v) is 28.1. The zero-order chi connectivity index (χ0) is 45.0. The second-order valence-corrected chi connectivity index (χ2v) is 21.1. The van der Waals surface area contributed by atoms with Crippen LogP contribution >= 0.6 is 7.82 Å². The largest absolute Gasteiger partial charge is 0.472 e. The summed E-state index contributed by atoms with van der Waals surface area (Å²) < 4.78 is 23.6. The Kier molecular flexibility index (Phi) is 43.9. The summed E-state index contributed by atoms with van der Waals surface area (Å²) in [6, 6.07) is -0.839. The fourth-order valence-corrected chi connectivity index (χ4v) is 8.78. The molecular formula is C52H106N2O6P+. The number of phosphoric acid groups is 1. The van der Waals surface area contributed by atoms with Crippen LogP contribution in [-0.2, 0) is 18.4 Å². The van der Waals surface area contributed by atoms with Crippen molar-refractivity contribution >= 4 is 13.7 Å². The van der Waals surface area contributed by atoms with E-state index in [4.69, 9.17) is 9.05 Å². The molecule has 1 unspecified atom stereocenters. The zero-order valence-electron chi connectivity index (χ0n) is 41.4. The molecule has 8 nitrogen and oxygen atoms in total. The molecule has 0 saturated carbocycles. The number of aliphatic hydroxyl groups is 1. The number of quaternary nitrogens is 1. The lowest BCUT2D eigenvalue weighted by atomic mass is 10.0. The van der Waals surface area contributed by atoms with Crippen molar-refractivity contribution in [3.05, 3.63) is 12.2 Å². The van der Waals surface area contributed by atoms with E-state index in [1.54, 1.807) is 6.08 Å². The third-order valence-electron chi connectivity index (χ3n) is 12.3. The van der Waals surface area contributed by atoms with Crippen LogP contribution < -0.4 is 5.32 Å². The Balaban J connectivity index is 3.98. The van der Waals surface area contributed by atoms with Crippen molar-refractivity contribution < 1.29 is 32.9 Å². The van der Waals surface area contributed by atoms with E-state index in [-0.39, 0.29) is 19.1 Å². The molecule has 9 heteroatoms. The monoisotopic (exact) mass is 886 g/mol. The minimum absolute atomic E-state index is 0.0645. The lowest BCUT2D eigenvalue weighted by Crippen LogP contribution is -2.45. The summed E-state index contributed by atoms with van der Waals surface area (Å²) >= 11 is 0. The number of nitrogens with one attached hydrogen (secondary N) is 1. The van der Waals surface area contributed by atoms with Gasteiger partial charge in [0.05, 0.1) is 39.9 Å². The number of hydrogen-bond donors (Lipinski definition) is 3. The number of amides is 1. The highest BCUT2D eigenvalue weighted by Crippen LogP contribution is 2.43. The number of phosphoric ester groups is 1. The maximum atomic E-state index is 12.9. The van der Waals surface area contributed by atoms with Gasteiger partial charge in [0.25, 0.3) is 0 Å². The molecule has 3 N–H and O–H groups in total. The lowest BCUT2D eigenvalue weighted by Gasteiger charge is -2.25. The fourth-order valence-electron chi connectivity index (χ4n) is 8.04. The van der Waals surface area contributed by atoms with Gasteiger partial charge >= 0.3 is 7.82 Å². The number of hydrogen-bond acceptors (Lipinski definition) is 5. The quantitative estimate of drug-likeness (QED) is 0.0243. The molecule has 0 bridgehead atoms. The Labute approximate surface area is 380 Å². The first-order valence-electron chi connectivity index (χ1n) is 26.6. The van der Waals surface area contributed by atoms with Gasteiger partial charge in [-0.05, 0) is 19.3 Å². The molecule has 0 aromatic heterocycles. The smallest absolute Gasteiger partial charge is 0.387 e. The Bertz CT molecular complexity index is 1000. The number of unbranched alkanes of at least 4 members (excludes halogenated alkanes) is 36. The molecule has 0 aromatic rings. The van der Waals surface area contributed by atoms with Gasteiger partial charge in [0.2, 0.25) is 5.91 Å². The third-order valence-corrected chi connectivity index (χ3v) is 13.2. The second-order valence-electron chi connectivity index (χ2n) is 19.6. The summed E-state index contributed by atoms with van der Waals surface area (Å²) in [5.41, 5.74) is 0. The van der Waals surface area contributed by atoms with E-state index in [2.05, 4.69) is 19.2 Å². The van der Waals surface area contributed by atoms with E-state index < -0.39 is 20.0 Å². The number of carbonyl (C=O) groups is 1. The van der Waals surface area contributed by atoms with E-state index in [0.29, 0.717) is 17.4 Å². The summed E-state index contributed by atoms with van der Waals surface area (Å²) in [4.78, 5) is 23.1. The van der Waals surface area contributed by atoms with E-state index in [0.717, 1.165) is 38.5 Å². The minimum atomic E-state index is -4.33. The van der Waals surface area contributed by atoms with Gasteiger partial charge in [-0.3, -0.25) is 13.8 Å². The van der Waals surface area contributed by atoms with E-state index in [1.807, 2.05) is 27.2 Å². The fraction of sp³-hybridized carbons (Fsp3) is 0.942. The molecule has 61 heavy (non-hydrogen) atoms. The van der Waals surface area contributed by atoms with Gasteiger partial charge in [0.1, 0.15) is 13.2 Å². The van der Waals surface area contributed by atoms with Crippen LogP contribution in [0.4, 0.5) is 0 Å². The zero-order valence-corrected chi connectivity index (χ0v) is 42.3. The third kappa shape index (κ3) is 47.0. The van der Waals surface area contributed by atoms with Crippen molar-refractivity contribution in [1.29, 1.82) is 0 Å². The summed E-state index contributed by atoms with van der Waals surface area (Å²) in [7, 11) is 1.58. The van der Waals surface area contributed by atoms with Crippen molar-refractivity contribution in [2.45, 2.75) is 276 Å². The van der Waals surface area contributed by atoms with Gasteiger partial charge in [-0.15, -0.1) is 0 Å². The summed E-state index contributed by atoms with van der Waals surface area (Å²) in [6.07, 6.45) is 53.2. The van der Waals surface area contributed by atoms with Crippen LogP contribution in [0.3, 0.4) is 0 Å². The predicted octanol–water partition coefficient (Wildman–Crippen LogP) is 15.5. The first kappa shape index (κ1) is 60.2. The highest BCUT2D eigenvalue weighted by Gasteiger charge is 2.27. The predicted molar refractivity (Wildman–Crippen MR) is 263 cm³/mol. The molecule has 1 amide bonds. The van der Waals surface area contributed by atoms with E-state index in [1.165, 1.54) is 205 Å². The van der Waals surface area contributed by atoms with Gasteiger partial charge in [0.15, 0.2) is 0 Å². The Hall–Kier alpha value is -0.760. The normalized spacial score (nSPS) is 14.1. The van der Waals surface area contributed by atoms with Crippen LogP contribution in [0.15, 0.2) is 12.2 Å². The number of likely N-dealkylation sites (N-methyl/N-ethyl adjacent to an activating group) is 1. The van der Waals surface area contributed by atoms with Crippen molar-refractivity contribution in [3.8, 4) is 0 Å². The van der Waals surface area contributed by atoms with Crippen molar-refractivity contribution in [2.24, 2.45) is 0 Å². The molecule has 0 spiro atoms. The molecule has 3 atom stereocenters. The van der Waals surface area contributed by atoms with Crippen molar-refractivity contribution in [1.82, 2.24) is 5.32 Å². The summed E-state index contributed by atoms with van der Waals surface area (Å²) in [5, 5.41) is 13.8. The minimum Gasteiger partial charge on any atom is -0.387 e. The number of allylic oxidation sites excluding steroid dienone is 1. The molecule has 0 rings (SSSR count).